The fraction of sp³-hybridized carbons (Fsp3) is 0.235. The minimum Gasteiger partial charge on any atom is -0.490 e. The molecule has 0 aliphatic heterocycles. The Morgan fingerprint density at radius 2 is 1.91 bits per heavy atom. The van der Waals surface area contributed by atoms with Crippen LogP contribution in [-0.4, -0.2) is 22.6 Å². The van der Waals surface area contributed by atoms with E-state index in [0.29, 0.717) is 11.4 Å². The predicted octanol–water partition coefficient (Wildman–Crippen LogP) is 3.48. The molecule has 0 radical (unpaired) electrons. The van der Waals surface area contributed by atoms with E-state index < -0.39 is 0 Å². The third kappa shape index (κ3) is 3.37. The minimum atomic E-state index is -0.0557. The monoisotopic (exact) mass is 313 g/mol. The highest BCUT2D eigenvalue weighted by molar-refractivity contribution is 7.71. The fourth-order valence-electron chi connectivity index (χ4n) is 2.43. The molecule has 114 valence electrons. The Morgan fingerprint density at radius 1 is 1.14 bits per heavy atom. The number of para-hydroxylation sites is 1. The molecule has 3 rings (SSSR count). The smallest absolute Gasteiger partial charge is 0.175 e. The van der Waals surface area contributed by atoms with Crippen LogP contribution < -0.4 is 10.5 Å². The Kier molecular flexibility index (Phi) is 4.27. The van der Waals surface area contributed by atoms with Gasteiger partial charge in [0.15, 0.2) is 4.77 Å². The van der Waals surface area contributed by atoms with Crippen molar-refractivity contribution in [3.63, 3.8) is 0 Å². The minimum absolute atomic E-state index is 0.0557. The molecular formula is C17H19N3OS. The molecule has 0 bridgehead atoms. The topological polar surface area (TPSA) is 66.8 Å². The van der Waals surface area contributed by atoms with E-state index in [9.17, 15) is 0 Å². The summed E-state index contributed by atoms with van der Waals surface area (Å²) in [6.07, 6.45) is 0.791. The lowest BCUT2D eigenvalue weighted by atomic mass is 10.1. The summed E-state index contributed by atoms with van der Waals surface area (Å²) in [6, 6.07) is 14.2. The van der Waals surface area contributed by atoms with Gasteiger partial charge in [-0.25, -0.2) is 0 Å². The van der Waals surface area contributed by atoms with E-state index >= 15 is 0 Å². The van der Waals surface area contributed by atoms with Crippen LogP contribution in [0.15, 0.2) is 42.5 Å². The van der Waals surface area contributed by atoms with Crippen LogP contribution in [0.5, 0.6) is 5.75 Å². The highest BCUT2D eigenvalue weighted by atomic mass is 32.1. The van der Waals surface area contributed by atoms with E-state index in [0.717, 1.165) is 23.2 Å². The van der Waals surface area contributed by atoms with Gasteiger partial charge in [0.2, 0.25) is 0 Å². The number of H-pyrrole nitrogens is 2. The Labute approximate surface area is 134 Å². The molecular weight excluding hydrogens is 294 g/mol. The van der Waals surface area contributed by atoms with Gasteiger partial charge in [-0.3, -0.25) is 0 Å². The molecule has 3 aromatic rings. The van der Waals surface area contributed by atoms with E-state index in [2.05, 4.69) is 41.2 Å². The molecule has 1 atom stereocenters. The lowest BCUT2D eigenvalue weighted by Crippen LogP contribution is -2.30. The van der Waals surface area contributed by atoms with Crippen molar-refractivity contribution in [2.75, 3.05) is 6.61 Å². The normalized spacial score (nSPS) is 12.5. The number of benzene rings is 2. The first kappa shape index (κ1) is 14.8. The molecule has 1 aromatic heterocycles. The predicted molar refractivity (Wildman–Crippen MR) is 91.8 cm³/mol. The van der Waals surface area contributed by atoms with Crippen LogP contribution in [0, 0.1) is 11.7 Å². The Morgan fingerprint density at radius 3 is 2.68 bits per heavy atom. The quantitative estimate of drug-likeness (QED) is 0.632. The van der Waals surface area contributed by atoms with Gasteiger partial charge < -0.3 is 20.4 Å². The zero-order chi connectivity index (χ0) is 15.5. The summed E-state index contributed by atoms with van der Waals surface area (Å²) in [5.74, 6) is 0.768. The average Bonchev–Trinajstić information content (AvgIpc) is 2.88. The van der Waals surface area contributed by atoms with Gasteiger partial charge in [-0.2, -0.15) is 0 Å². The number of hydrogen-bond donors (Lipinski definition) is 3. The van der Waals surface area contributed by atoms with Gasteiger partial charge in [0, 0.05) is 6.04 Å². The molecule has 0 amide bonds. The number of aromatic amines is 2. The number of fused-ring (bicyclic) bond motifs is 1. The van der Waals surface area contributed by atoms with E-state index in [1.165, 1.54) is 11.1 Å². The van der Waals surface area contributed by atoms with Crippen LogP contribution in [0.4, 0.5) is 0 Å². The van der Waals surface area contributed by atoms with E-state index in [-0.39, 0.29) is 6.04 Å². The summed E-state index contributed by atoms with van der Waals surface area (Å²) in [6.45, 7) is 2.53. The summed E-state index contributed by atoms with van der Waals surface area (Å²) in [5, 5.41) is 0. The average molecular weight is 313 g/mol. The highest BCUT2D eigenvalue weighted by Gasteiger charge is 2.08. The number of hydrogen-bond acceptors (Lipinski definition) is 3. The molecule has 4 N–H and O–H groups in total. The van der Waals surface area contributed by atoms with Gasteiger partial charge in [-0.05, 0) is 43.3 Å². The van der Waals surface area contributed by atoms with Crippen molar-refractivity contribution in [1.29, 1.82) is 0 Å². The van der Waals surface area contributed by atoms with Gasteiger partial charge in [0.25, 0.3) is 0 Å². The molecule has 1 heterocycles. The zero-order valence-electron chi connectivity index (χ0n) is 12.4. The van der Waals surface area contributed by atoms with Crippen molar-refractivity contribution in [2.24, 2.45) is 5.73 Å². The molecule has 0 saturated carbocycles. The van der Waals surface area contributed by atoms with E-state index in [1.54, 1.807) is 0 Å². The lowest BCUT2D eigenvalue weighted by Gasteiger charge is -2.14. The van der Waals surface area contributed by atoms with Gasteiger partial charge in [0.1, 0.15) is 17.9 Å². The second-order valence-electron chi connectivity index (χ2n) is 5.52. The Hall–Kier alpha value is -2.11. The molecule has 2 aromatic carbocycles. The first-order valence-electron chi connectivity index (χ1n) is 7.27. The molecule has 0 aliphatic carbocycles. The molecule has 4 nitrogen and oxygen atoms in total. The maximum atomic E-state index is 6.18. The van der Waals surface area contributed by atoms with Gasteiger partial charge in [0.05, 0.1) is 5.52 Å². The largest absolute Gasteiger partial charge is 0.490 e. The van der Waals surface area contributed by atoms with Crippen molar-refractivity contribution in [2.45, 2.75) is 19.4 Å². The summed E-state index contributed by atoms with van der Waals surface area (Å²) < 4.78 is 6.46. The third-order valence-electron chi connectivity index (χ3n) is 3.58. The summed E-state index contributed by atoms with van der Waals surface area (Å²) >= 11 is 5.11. The van der Waals surface area contributed by atoms with Crippen LogP contribution >= 0.6 is 12.2 Å². The van der Waals surface area contributed by atoms with Crippen molar-refractivity contribution in [3.05, 3.63) is 58.4 Å². The molecule has 0 aliphatic rings. The SMILES string of the molecule is Cc1ccc(CC(N)COc2cccc3[nH]c(=S)[nH]c23)cc1. The highest BCUT2D eigenvalue weighted by Crippen LogP contribution is 2.22. The van der Waals surface area contributed by atoms with Crippen LogP contribution in [0.2, 0.25) is 0 Å². The summed E-state index contributed by atoms with van der Waals surface area (Å²) in [7, 11) is 0. The fourth-order valence-corrected chi connectivity index (χ4v) is 2.65. The lowest BCUT2D eigenvalue weighted by molar-refractivity contribution is 0.290. The van der Waals surface area contributed by atoms with Crippen molar-refractivity contribution >= 4 is 23.3 Å². The Bertz CT molecular complexity index is 820. The van der Waals surface area contributed by atoms with Crippen LogP contribution in [0.3, 0.4) is 0 Å². The molecule has 5 heteroatoms. The molecule has 0 saturated heterocycles. The molecule has 0 spiro atoms. The second-order valence-corrected chi connectivity index (χ2v) is 5.93. The van der Waals surface area contributed by atoms with Gasteiger partial charge >= 0.3 is 0 Å². The number of ether oxygens (including phenoxy) is 1. The first-order valence-corrected chi connectivity index (χ1v) is 7.67. The molecule has 0 fully saturated rings. The number of rotatable bonds is 5. The second kappa shape index (κ2) is 6.34. The van der Waals surface area contributed by atoms with E-state index in [1.807, 2.05) is 18.2 Å². The van der Waals surface area contributed by atoms with E-state index in [4.69, 9.17) is 22.7 Å². The maximum Gasteiger partial charge on any atom is 0.175 e. The summed E-state index contributed by atoms with van der Waals surface area (Å²) in [5.41, 5.74) is 10.5. The van der Waals surface area contributed by atoms with Crippen LogP contribution in [0.1, 0.15) is 11.1 Å². The van der Waals surface area contributed by atoms with Crippen molar-refractivity contribution < 1.29 is 4.74 Å². The number of nitrogens with two attached hydrogens (primary N) is 1. The summed E-state index contributed by atoms with van der Waals surface area (Å²) in [4.78, 5) is 6.18. The number of aryl methyl sites for hydroxylation is 1. The van der Waals surface area contributed by atoms with Crippen LogP contribution in [0.25, 0.3) is 11.0 Å². The number of imidazole rings is 1. The Balaban J connectivity index is 1.66. The molecule has 1 unspecified atom stereocenters. The zero-order valence-corrected chi connectivity index (χ0v) is 13.2. The van der Waals surface area contributed by atoms with Crippen molar-refractivity contribution in [1.82, 2.24) is 9.97 Å². The van der Waals surface area contributed by atoms with Crippen molar-refractivity contribution in [3.8, 4) is 5.75 Å². The third-order valence-corrected chi connectivity index (χ3v) is 3.79. The number of aromatic nitrogens is 2. The first-order chi connectivity index (χ1) is 10.6. The van der Waals surface area contributed by atoms with Gasteiger partial charge in [-0.1, -0.05) is 35.9 Å². The molecule has 22 heavy (non-hydrogen) atoms. The number of nitrogens with one attached hydrogen (secondary N) is 2. The van der Waals surface area contributed by atoms with Gasteiger partial charge in [-0.15, -0.1) is 0 Å². The van der Waals surface area contributed by atoms with Crippen LogP contribution in [-0.2, 0) is 6.42 Å². The standard InChI is InChI=1S/C17H19N3OS/c1-11-5-7-12(8-6-11)9-13(18)10-21-15-4-2-3-14-16(15)20-17(22)19-14/h2-8,13H,9-10,18H2,1H3,(H2,19,20,22). The maximum absolute atomic E-state index is 6.18.